The Hall–Kier alpha value is -2.93. The molecule has 2 aromatic carbocycles. The summed E-state index contributed by atoms with van der Waals surface area (Å²) in [6.07, 6.45) is 1.41. The van der Waals surface area contributed by atoms with Crippen molar-refractivity contribution in [3.05, 3.63) is 86.3 Å². The Morgan fingerprint density at radius 2 is 1.84 bits per heavy atom. The average molecular weight is 493 g/mol. The third-order valence-corrected chi connectivity index (χ3v) is 5.89. The molecule has 1 amide bonds. The van der Waals surface area contributed by atoms with Gasteiger partial charge in [-0.2, -0.15) is 0 Å². The van der Waals surface area contributed by atoms with Crippen molar-refractivity contribution >= 4 is 57.9 Å². The first-order valence-electron chi connectivity index (χ1n) is 9.38. The van der Waals surface area contributed by atoms with Gasteiger partial charge < -0.3 is 14.3 Å². The van der Waals surface area contributed by atoms with Gasteiger partial charge in [0.2, 0.25) is 0 Å². The lowest BCUT2D eigenvalue weighted by atomic mass is 9.98. The second kappa shape index (κ2) is 8.54. The Balaban J connectivity index is 2.01. The standard InChI is InChI=1S/C23H16Cl3NO5/c1-11-5-6-12(24)10-16(11)27-19(17-4-3-7-32-17)18(21(29)23(27)30)20(28)14-8-13(25)9-15(26)22(14)31-2/h3-10,19,28H,1-2H3/b20-18-. The van der Waals surface area contributed by atoms with Gasteiger partial charge in [0.05, 0.1) is 29.5 Å². The van der Waals surface area contributed by atoms with Crippen LogP contribution in [0.2, 0.25) is 15.1 Å². The zero-order valence-electron chi connectivity index (χ0n) is 16.9. The van der Waals surface area contributed by atoms with Gasteiger partial charge in [0.1, 0.15) is 23.3 Å². The van der Waals surface area contributed by atoms with Crippen LogP contribution in [-0.4, -0.2) is 23.9 Å². The summed E-state index contributed by atoms with van der Waals surface area (Å²) >= 11 is 18.5. The number of nitrogens with zero attached hydrogens (tertiary/aromatic N) is 1. The molecule has 1 fully saturated rings. The van der Waals surface area contributed by atoms with Crippen molar-refractivity contribution in [2.24, 2.45) is 0 Å². The number of carbonyl (C=O) groups is 2. The highest BCUT2D eigenvalue weighted by atomic mass is 35.5. The summed E-state index contributed by atoms with van der Waals surface area (Å²) in [4.78, 5) is 27.6. The molecule has 3 aromatic rings. The maximum atomic E-state index is 13.2. The molecule has 1 atom stereocenters. The van der Waals surface area contributed by atoms with Crippen molar-refractivity contribution in [1.82, 2.24) is 0 Å². The molecule has 164 valence electrons. The van der Waals surface area contributed by atoms with E-state index in [2.05, 4.69) is 0 Å². The number of hydrogen-bond acceptors (Lipinski definition) is 5. The first-order valence-corrected chi connectivity index (χ1v) is 10.5. The van der Waals surface area contributed by atoms with Crippen molar-refractivity contribution in [2.45, 2.75) is 13.0 Å². The van der Waals surface area contributed by atoms with E-state index in [0.29, 0.717) is 16.3 Å². The topological polar surface area (TPSA) is 80.0 Å². The summed E-state index contributed by atoms with van der Waals surface area (Å²) < 4.78 is 10.9. The van der Waals surface area contributed by atoms with Crippen LogP contribution in [0.15, 0.2) is 58.7 Å². The number of furan rings is 1. The van der Waals surface area contributed by atoms with E-state index in [4.69, 9.17) is 44.0 Å². The van der Waals surface area contributed by atoms with Crippen molar-refractivity contribution in [1.29, 1.82) is 0 Å². The van der Waals surface area contributed by atoms with Gasteiger partial charge in [0, 0.05) is 15.7 Å². The Kier molecular flexibility index (Phi) is 5.95. The van der Waals surface area contributed by atoms with Crippen molar-refractivity contribution < 1.29 is 23.8 Å². The first kappa shape index (κ1) is 22.3. The fraction of sp³-hybridized carbons (Fsp3) is 0.130. The van der Waals surface area contributed by atoms with E-state index in [9.17, 15) is 14.7 Å². The molecule has 0 radical (unpaired) electrons. The van der Waals surface area contributed by atoms with Gasteiger partial charge >= 0.3 is 0 Å². The Labute approximate surface area is 198 Å². The highest BCUT2D eigenvalue weighted by Crippen LogP contribution is 2.46. The van der Waals surface area contributed by atoms with Crippen molar-refractivity contribution in [2.75, 3.05) is 12.0 Å². The molecule has 1 unspecified atom stereocenters. The number of aryl methyl sites for hydroxylation is 1. The van der Waals surface area contributed by atoms with Crippen LogP contribution in [0.5, 0.6) is 5.75 Å². The lowest BCUT2D eigenvalue weighted by Gasteiger charge is -2.25. The van der Waals surface area contributed by atoms with Crippen LogP contribution < -0.4 is 9.64 Å². The van der Waals surface area contributed by atoms with Gasteiger partial charge in [-0.25, -0.2) is 0 Å². The van der Waals surface area contributed by atoms with Crippen LogP contribution in [0, 0.1) is 6.92 Å². The van der Waals surface area contributed by atoms with E-state index in [1.165, 1.54) is 30.4 Å². The van der Waals surface area contributed by atoms with Crippen molar-refractivity contribution in [3.8, 4) is 5.75 Å². The summed E-state index contributed by atoms with van der Waals surface area (Å²) in [5.74, 6) is -1.85. The summed E-state index contributed by atoms with van der Waals surface area (Å²) in [5, 5.41) is 12.0. The predicted molar refractivity (Wildman–Crippen MR) is 123 cm³/mol. The van der Waals surface area contributed by atoms with Gasteiger partial charge in [-0.1, -0.05) is 40.9 Å². The molecule has 0 bridgehead atoms. The lowest BCUT2D eigenvalue weighted by molar-refractivity contribution is -0.132. The van der Waals surface area contributed by atoms with Gasteiger partial charge in [-0.15, -0.1) is 0 Å². The van der Waals surface area contributed by atoms with Crippen LogP contribution in [0.3, 0.4) is 0 Å². The molecule has 2 heterocycles. The number of anilines is 1. The van der Waals surface area contributed by atoms with Crippen LogP contribution in [0.1, 0.15) is 22.9 Å². The van der Waals surface area contributed by atoms with Gasteiger partial charge in [0.25, 0.3) is 11.7 Å². The van der Waals surface area contributed by atoms with Crippen LogP contribution in [0.4, 0.5) is 5.69 Å². The van der Waals surface area contributed by atoms with Gasteiger partial charge in [-0.3, -0.25) is 14.5 Å². The summed E-state index contributed by atoms with van der Waals surface area (Å²) in [6.45, 7) is 1.78. The van der Waals surface area contributed by atoms with Crippen LogP contribution in [0.25, 0.3) is 5.76 Å². The van der Waals surface area contributed by atoms with E-state index in [-0.39, 0.29) is 32.7 Å². The number of carbonyl (C=O) groups excluding carboxylic acids is 2. The zero-order chi connectivity index (χ0) is 23.2. The lowest BCUT2D eigenvalue weighted by Crippen LogP contribution is -2.30. The molecule has 0 aliphatic carbocycles. The largest absolute Gasteiger partial charge is 0.507 e. The highest BCUT2D eigenvalue weighted by Gasteiger charge is 2.49. The molecule has 1 aliphatic heterocycles. The fourth-order valence-electron chi connectivity index (χ4n) is 3.73. The first-order chi connectivity index (χ1) is 15.2. The van der Waals surface area contributed by atoms with E-state index in [0.717, 1.165) is 0 Å². The minimum absolute atomic E-state index is 0.0716. The molecular formula is C23H16Cl3NO5. The Morgan fingerprint density at radius 3 is 2.50 bits per heavy atom. The zero-order valence-corrected chi connectivity index (χ0v) is 19.1. The molecule has 0 spiro atoms. The van der Waals surface area contributed by atoms with Crippen LogP contribution in [-0.2, 0) is 9.59 Å². The number of amides is 1. The monoisotopic (exact) mass is 491 g/mol. The Morgan fingerprint density at radius 1 is 1.09 bits per heavy atom. The maximum Gasteiger partial charge on any atom is 0.300 e. The second-order valence-electron chi connectivity index (χ2n) is 7.08. The molecular weight excluding hydrogens is 477 g/mol. The molecule has 1 N–H and O–H groups in total. The quantitative estimate of drug-likeness (QED) is 0.267. The number of ether oxygens (including phenoxy) is 1. The van der Waals surface area contributed by atoms with E-state index in [1.807, 2.05) is 0 Å². The summed E-state index contributed by atoms with van der Waals surface area (Å²) in [6, 6.07) is 10.0. The number of Topliss-reactive ketones (excluding diaryl/α,β-unsaturated/α-hetero) is 1. The van der Waals surface area contributed by atoms with Crippen LogP contribution >= 0.6 is 34.8 Å². The number of hydrogen-bond donors (Lipinski definition) is 1. The molecule has 1 aromatic heterocycles. The third-order valence-electron chi connectivity index (χ3n) is 5.16. The minimum atomic E-state index is -1.05. The summed E-state index contributed by atoms with van der Waals surface area (Å²) in [7, 11) is 1.36. The van der Waals surface area contributed by atoms with E-state index >= 15 is 0 Å². The normalized spacial score (nSPS) is 17.8. The smallest absolute Gasteiger partial charge is 0.300 e. The fourth-order valence-corrected chi connectivity index (χ4v) is 4.46. The number of benzene rings is 2. The van der Waals surface area contributed by atoms with Gasteiger partial charge in [0.15, 0.2) is 0 Å². The molecule has 1 saturated heterocycles. The molecule has 6 nitrogen and oxygen atoms in total. The van der Waals surface area contributed by atoms with Gasteiger partial charge in [-0.05, 0) is 48.9 Å². The average Bonchev–Trinajstić information content (AvgIpc) is 3.36. The number of ketones is 1. The number of aliphatic hydroxyl groups is 1. The predicted octanol–water partition coefficient (Wildman–Crippen LogP) is 6.18. The number of halogens is 3. The molecule has 1 aliphatic rings. The van der Waals surface area contributed by atoms with Crippen molar-refractivity contribution in [3.63, 3.8) is 0 Å². The second-order valence-corrected chi connectivity index (χ2v) is 8.36. The minimum Gasteiger partial charge on any atom is -0.507 e. The third kappa shape index (κ3) is 3.64. The molecule has 0 saturated carbocycles. The molecule has 32 heavy (non-hydrogen) atoms. The van der Waals surface area contributed by atoms with E-state index in [1.54, 1.807) is 37.3 Å². The van der Waals surface area contributed by atoms with E-state index < -0.39 is 23.5 Å². The Bertz CT molecular complexity index is 1270. The summed E-state index contributed by atoms with van der Waals surface area (Å²) in [5.41, 5.74) is 0.996. The highest BCUT2D eigenvalue weighted by molar-refractivity contribution is 6.52. The number of rotatable bonds is 4. The number of aliphatic hydroxyl groups excluding tert-OH is 1. The molecule has 4 rings (SSSR count). The molecule has 9 heteroatoms. The SMILES string of the molecule is COc1c(Cl)cc(Cl)cc1/C(O)=C1/C(=O)C(=O)N(c2cc(Cl)ccc2C)C1c1ccco1. The number of methoxy groups -OCH3 is 1. The maximum absolute atomic E-state index is 13.2.